The number of amides is 1. The van der Waals surface area contributed by atoms with Crippen LogP contribution in [-0.2, 0) is 9.59 Å². The predicted molar refractivity (Wildman–Crippen MR) is 71.2 cm³/mol. The van der Waals surface area contributed by atoms with Crippen molar-refractivity contribution in [3.8, 4) is 0 Å². The molecule has 1 aromatic rings. The minimum Gasteiger partial charge on any atom is -0.481 e. The van der Waals surface area contributed by atoms with Crippen molar-refractivity contribution in [2.45, 2.75) is 33.1 Å². The smallest absolute Gasteiger partial charge is 0.310 e. The van der Waals surface area contributed by atoms with Crippen LogP contribution in [0.25, 0.3) is 0 Å². The fraction of sp³-hybridized carbons (Fsp3) is 0.385. The predicted octanol–water partition coefficient (Wildman–Crippen LogP) is 3.19. The van der Waals surface area contributed by atoms with Crippen molar-refractivity contribution < 1.29 is 14.7 Å². The zero-order valence-corrected chi connectivity index (χ0v) is 11.3. The Morgan fingerprint density at radius 2 is 2.06 bits per heavy atom. The van der Waals surface area contributed by atoms with Crippen molar-refractivity contribution in [2.75, 3.05) is 5.32 Å². The summed E-state index contributed by atoms with van der Waals surface area (Å²) in [5, 5.41) is 12.3. The molecule has 0 saturated carbocycles. The van der Waals surface area contributed by atoms with Gasteiger partial charge in [0.25, 0.3) is 0 Å². The number of aliphatic carboxylic acids is 1. The summed E-state index contributed by atoms with van der Waals surface area (Å²) in [5.41, 5.74) is 1.90. The fourth-order valence-corrected chi connectivity index (χ4v) is 2.09. The van der Waals surface area contributed by atoms with Crippen molar-refractivity contribution in [1.29, 1.82) is 0 Å². The number of halogens is 1. The van der Waals surface area contributed by atoms with Gasteiger partial charge in [0.05, 0.1) is 5.92 Å². The van der Waals surface area contributed by atoms with Crippen LogP contribution in [0.5, 0.6) is 0 Å². The first kappa shape index (κ1) is 14.5. The van der Waals surface area contributed by atoms with Gasteiger partial charge in [-0.05, 0) is 36.6 Å². The molecule has 0 aliphatic heterocycles. The number of carboxylic acids is 1. The Morgan fingerprint density at radius 1 is 1.44 bits per heavy atom. The van der Waals surface area contributed by atoms with Gasteiger partial charge in [-0.2, -0.15) is 0 Å². The molecule has 0 fully saturated rings. The van der Waals surface area contributed by atoms with Gasteiger partial charge in [-0.3, -0.25) is 9.59 Å². The van der Waals surface area contributed by atoms with Gasteiger partial charge in [0.2, 0.25) is 5.91 Å². The van der Waals surface area contributed by atoms with E-state index in [0.29, 0.717) is 22.7 Å². The number of carbonyl (C=O) groups excluding carboxylic acids is 1. The van der Waals surface area contributed by atoms with Gasteiger partial charge in [-0.1, -0.05) is 18.5 Å². The molecule has 98 valence electrons. The quantitative estimate of drug-likeness (QED) is 0.882. The lowest BCUT2D eigenvalue weighted by Crippen LogP contribution is -2.13. The van der Waals surface area contributed by atoms with Crippen molar-refractivity contribution in [3.63, 3.8) is 0 Å². The molecule has 4 nitrogen and oxygen atoms in total. The third kappa shape index (κ3) is 3.23. The average Bonchev–Trinajstić information content (AvgIpc) is 2.24. The lowest BCUT2D eigenvalue weighted by molar-refractivity contribution is -0.138. The Labute approximate surface area is 111 Å². The topological polar surface area (TPSA) is 66.4 Å². The third-order valence-corrected chi connectivity index (χ3v) is 3.18. The number of nitrogens with one attached hydrogen (secondary N) is 1. The number of carbonyl (C=O) groups is 2. The summed E-state index contributed by atoms with van der Waals surface area (Å²) in [5.74, 6) is -1.72. The van der Waals surface area contributed by atoms with E-state index in [1.807, 2.05) is 0 Å². The highest BCUT2D eigenvalue weighted by Crippen LogP contribution is 2.31. The van der Waals surface area contributed by atoms with E-state index in [1.165, 1.54) is 6.92 Å². The normalized spacial score (nSPS) is 12.0. The highest BCUT2D eigenvalue weighted by Gasteiger charge is 2.21. The number of benzene rings is 1. The Hall–Kier alpha value is -1.55. The van der Waals surface area contributed by atoms with Crippen LogP contribution in [0.2, 0.25) is 5.02 Å². The number of carboxylic acid groups (broad SMARTS) is 1. The lowest BCUT2D eigenvalue weighted by atomic mass is 9.92. The van der Waals surface area contributed by atoms with Crippen LogP contribution < -0.4 is 5.32 Å². The van der Waals surface area contributed by atoms with Crippen molar-refractivity contribution >= 4 is 29.2 Å². The second-order valence-electron chi connectivity index (χ2n) is 4.15. The summed E-state index contributed by atoms with van der Waals surface area (Å²) in [4.78, 5) is 22.2. The second-order valence-corrected chi connectivity index (χ2v) is 4.56. The Morgan fingerprint density at radius 3 is 2.50 bits per heavy atom. The summed E-state index contributed by atoms with van der Waals surface area (Å²) in [6.45, 7) is 4.97. The number of hydrogen-bond donors (Lipinski definition) is 2. The summed E-state index contributed by atoms with van der Waals surface area (Å²) in [6, 6.07) is 3.29. The van der Waals surface area contributed by atoms with Crippen LogP contribution in [0.4, 0.5) is 5.69 Å². The Kier molecular flexibility index (Phi) is 4.73. The van der Waals surface area contributed by atoms with E-state index in [1.54, 1.807) is 26.0 Å². The molecular weight excluding hydrogens is 254 g/mol. The molecule has 0 aliphatic carbocycles. The zero-order valence-electron chi connectivity index (χ0n) is 10.6. The molecule has 0 spiro atoms. The summed E-state index contributed by atoms with van der Waals surface area (Å²) >= 11 is 6.06. The van der Waals surface area contributed by atoms with Crippen LogP contribution >= 0.6 is 11.6 Å². The van der Waals surface area contributed by atoms with Gasteiger partial charge in [-0.25, -0.2) is 0 Å². The highest BCUT2D eigenvalue weighted by atomic mass is 35.5. The zero-order chi connectivity index (χ0) is 13.9. The molecule has 1 amide bonds. The van der Waals surface area contributed by atoms with Gasteiger partial charge >= 0.3 is 5.97 Å². The van der Waals surface area contributed by atoms with Gasteiger partial charge in [0.1, 0.15) is 0 Å². The maximum atomic E-state index is 11.2. The van der Waals surface area contributed by atoms with E-state index < -0.39 is 11.9 Å². The SMILES string of the molecule is CCC(C(=O)O)c1cc(NC(C)=O)cc(Cl)c1C. The minimum atomic E-state index is -0.892. The molecular formula is C13H16ClNO3. The van der Waals surface area contributed by atoms with E-state index in [2.05, 4.69) is 5.32 Å². The summed E-state index contributed by atoms with van der Waals surface area (Å²) in [7, 11) is 0. The monoisotopic (exact) mass is 269 g/mol. The van der Waals surface area contributed by atoms with Crippen molar-refractivity contribution in [2.24, 2.45) is 0 Å². The van der Waals surface area contributed by atoms with E-state index in [0.717, 1.165) is 5.56 Å². The molecule has 0 heterocycles. The fourth-order valence-electron chi connectivity index (χ4n) is 1.87. The molecule has 1 aromatic carbocycles. The maximum absolute atomic E-state index is 11.2. The van der Waals surface area contributed by atoms with Crippen LogP contribution in [0.3, 0.4) is 0 Å². The molecule has 0 saturated heterocycles. The van der Waals surface area contributed by atoms with Crippen LogP contribution in [-0.4, -0.2) is 17.0 Å². The van der Waals surface area contributed by atoms with Gasteiger partial charge < -0.3 is 10.4 Å². The highest BCUT2D eigenvalue weighted by molar-refractivity contribution is 6.31. The first-order valence-electron chi connectivity index (χ1n) is 5.67. The van der Waals surface area contributed by atoms with Crippen molar-refractivity contribution in [1.82, 2.24) is 0 Å². The average molecular weight is 270 g/mol. The molecule has 0 bridgehead atoms. The molecule has 1 unspecified atom stereocenters. The molecule has 2 N–H and O–H groups in total. The van der Waals surface area contributed by atoms with Crippen LogP contribution in [0.1, 0.15) is 37.3 Å². The maximum Gasteiger partial charge on any atom is 0.310 e. The molecule has 0 aliphatic rings. The Bertz CT molecular complexity index is 485. The molecule has 0 aromatic heterocycles. The van der Waals surface area contributed by atoms with Crippen LogP contribution in [0.15, 0.2) is 12.1 Å². The van der Waals surface area contributed by atoms with E-state index in [4.69, 9.17) is 11.6 Å². The molecule has 5 heteroatoms. The summed E-state index contributed by atoms with van der Waals surface area (Å²) in [6.07, 6.45) is 0.468. The number of hydrogen-bond acceptors (Lipinski definition) is 2. The van der Waals surface area contributed by atoms with Crippen LogP contribution in [0, 0.1) is 6.92 Å². The van der Waals surface area contributed by atoms with E-state index in [-0.39, 0.29) is 5.91 Å². The molecule has 18 heavy (non-hydrogen) atoms. The van der Waals surface area contributed by atoms with Gasteiger partial charge in [-0.15, -0.1) is 0 Å². The summed E-state index contributed by atoms with van der Waals surface area (Å²) < 4.78 is 0. The van der Waals surface area contributed by atoms with Gasteiger partial charge in [0.15, 0.2) is 0 Å². The van der Waals surface area contributed by atoms with Gasteiger partial charge in [0, 0.05) is 17.6 Å². The largest absolute Gasteiger partial charge is 0.481 e. The third-order valence-electron chi connectivity index (χ3n) is 2.79. The lowest BCUT2D eigenvalue weighted by Gasteiger charge is -2.16. The number of anilines is 1. The first-order chi connectivity index (χ1) is 8.36. The molecule has 0 radical (unpaired) electrons. The minimum absolute atomic E-state index is 0.218. The van der Waals surface area contributed by atoms with E-state index in [9.17, 15) is 14.7 Å². The molecule has 1 atom stereocenters. The second kappa shape index (κ2) is 5.87. The molecule has 1 rings (SSSR count). The standard InChI is InChI=1S/C13H16ClNO3/c1-4-10(13(17)18)11-5-9(15-8(3)16)6-12(14)7(11)2/h5-6,10H,4H2,1-3H3,(H,15,16)(H,17,18). The van der Waals surface area contributed by atoms with Crippen molar-refractivity contribution in [3.05, 3.63) is 28.3 Å². The number of rotatable bonds is 4. The first-order valence-corrected chi connectivity index (χ1v) is 6.05. The Balaban J connectivity index is 3.28. The van der Waals surface area contributed by atoms with E-state index >= 15 is 0 Å².